The summed E-state index contributed by atoms with van der Waals surface area (Å²) in [4.78, 5) is 19.5. The van der Waals surface area contributed by atoms with E-state index in [1.165, 1.54) is 11.3 Å². The van der Waals surface area contributed by atoms with Gasteiger partial charge in [-0.3, -0.25) is 9.69 Å². The molecule has 1 amide bonds. The topological polar surface area (TPSA) is 51.7 Å². The number of anilines is 1. The van der Waals surface area contributed by atoms with Crippen LogP contribution in [0.4, 0.5) is 5.13 Å². The molecule has 1 aromatic heterocycles. The number of thiazole rings is 1. The molecular formula is C23H22Cl2N2O3S. The lowest BCUT2D eigenvalue weighted by Gasteiger charge is -2.23. The van der Waals surface area contributed by atoms with Crippen LogP contribution in [-0.2, 0) is 9.53 Å². The summed E-state index contributed by atoms with van der Waals surface area (Å²) in [5.41, 5.74) is 2.55. The minimum Gasteiger partial charge on any atom is -0.484 e. The predicted molar refractivity (Wildman–Crippen MR) is 126 cm³/mol. The molecule has 31 heavy (non-hydrogen) atoms. The van der Waals surface area contributed by atoms with Gasteiger partial charge >= 0.3 is 0 Å². The molecule has 0 saturated carbocycles. The Balaban J connectivity index is 1.54. The molecule has 1 aliphatic rings. The number of carbonyl (C=O) groups is 1. The Morgan fingerprint density at radius 1 is 1.29 bits per heavy atom. The molecule has 1 aliphatic heterocycles. The number of benzene rings is 2. The van der Waals surface area contributed by atoms with Gasteiger partial charge in [0.2, 0.25) is 0 Å². The number of nitrogens with zero attached hydrogens (tertiary/aromatic N) is 2. The van der Waals surface area contributed by atoms with Gasteiger partial charge in [0, 0.05) is 22.6 Å². The summed E-state index contributed by atoms with van der Waals surface area (Å²) >= 11 is 13.7. The Labute approximate surface area is 195 Å². The second-order valence-electron chi connectivity index (χ2n) is 7.38. The molecule has 8 heteroatoms. The molecule has 0 aliphatic carbocycles. The van der Waals surface area contributed by atoms with Crippen molar-refractivity contribution in [1.82, 2.24) is 4.98 Å². The quantitative estimate of drug-likeness (QED) is 0.418. The van der Waals surface area contributed by atoms with Gasteiger partial charge in [-0.05, 0) is 55.7 Å². The fourth-order valence-corrected chi connectivity index (χ4v) is 4.77. The Morgan fingerprint density at radius 2 is 2.16 bits per heavy atom. The fourth-order valence-electron chi connectivity index (χ4n) is 3.42. The van der Waals surface area contributed by atoms with Crippen molar-refractivity contribution in [2.75, 3.05) is 24.7 Å². The van der Waals surface area contributed by atoms with Gasteiger partial charge in [-0.1, -0.05) is 35.3 Å². The third-order valence-corrected chi connectivity index (χ3v) is 6.40. The molecule has 2 aromatic carbocycles. The highest BCUT2D eigenvalue weighted by Crippen LogP contribution is 2.34. The Bertz CT molecular complexity index is 1070. The Hall–Kier alpha value is -2.12. The maximum atomic E-state index is 13.1. The summed E-state index contributed by atoms with van der Waals surface area (Å²) in [6.07, 6.45) is 1.91. The number of halogens is 2. The van der Waals surface area contributed by atoms with Crippen LogP contribution >= 0.6 is 34.5 Å². The summed E-state index contributed by atoms with van der Waals surface area (Å²) in [5, 5.41) is 3.56. The number of amides is 1. The van der Waals surface area contributed by atoms with Gasteiger partial charge in [-0.15, -0.1) is 11.3 Å². The smallest absolute Gasteiger partial charge is 0.266 e. The molecule has 4 rings (SSSR count). The minimum absolute atomic E-state index is 0.00519. The molecule has 162 valence electrons. The summed E-state index contributed by atoms with van der Waals surface area (Å²) in [5.74, 6) is 0.498. The monoisotopic (exact) mass is 476 g/mol. The van der Waals surface area contributed by atoms with Crippen molar-refractivity contribution in [3.05, 3.63) is 63.5 Å². The number of carbonyl (C=O) groups excluding carboxylic acids is 1. The molecule has 0 spiro atoms. The van der Waals surface area contributed by atoms with Crippen LogP contribution in [0.5, 0.6) is 5.75 Å². The molecule has 0 N–H and O–H groups in total. The van der Waals surface area contributed by atoms with Crippen molar-refractivity contribution < 1.29 is 14.3 Å². The van der Waals surface area contributed by atoms with Gasteiger partial charge in [0.15, 0.2) is 11.7 Å². The summed E-state index contributed by atoms with van der Waals surface area (Å²) in [6, 6.07) is 12.9. The highest BCUT2D eigenvalue weighted by molar-refractivity contribution is 7.14. The van der Waals surface area contributed by atoms with Crippen LogP contribution in [0.3, 0.4) is 0 Å². The Morgan fingerprint density at radius 3 is 2.90 bits per heavy atom. The zero-order valence-corrected chi connectivity index (χ0v) is 19.3. The van der Waals surface area contributed by atoms with Crippen molar-refractivity contribution in [1.29, 1.82) is 0 Å². The predicted octanol–water partition coefficient (Wildman–Crippen LogP) is 6.02. The average Bonchev–Trinajstić information content (AvgIpc) is 3.42. The first-order chi connectivity index (χ1) is 15.0. The first-order valence-corrected chi connectivity index (χ1v) is 11.7. The first kappa shape index (κ1) is 22.1. The lowest BCUT2D eigenvalue weighted by Crippen LogP contribution is -2.40. The van der Waals surface area contributed by atoms with Crippen LogP contribution in [0.1, 0.15) is 18.4 Å². The van der Waals surface area contributed by atoms with Crippen LogP contribution < -0.4 is 9.64 Å². The minimum atomic E-state index is -0.167. The van der Waals surface area contributed by atoms with E-state index in [2.05, 4.69) is 4.98 Å². The van der Waals surface area contributed by atoms with E-state index >= 15 is 0 Å². The number of aromatic nitrogens is 1. The summed E-state index contributed by atoms with van der Waals surface area (Å²) in [6.45, 7) is 3.07. The van der Waals surface area contributed by atoms with E-state index < -0.39 is 0 Å². The lowest BCUT2D eigenvalue weighted by atomic mass is 10.2. The summed E-state index contributed by atoms with van der Waals surface area (Å²) in [7, 11) is 0. The molecule has 1 fully saturated rings. The largest absolute Gasteiger partial charge is 0.484 e. The fraction of sp³-hybridized carbons (Fsp3) is 0.304. The maximum Gasteiger partial charge on any atom is 0.266 e. The number of ether oxygens (including phenoxy) is 2. The zero-order valence-electron chi connectivity index (χ0n) is 17.0. The molecular weight excluding hydrogens is 455 g/mol. The third-order valence-electron chi connectivity index (χ3n) is 4.99. The van der Waals surface area contributed by atoms with E-state index in [4.69, 9.17) is 32.7 Å². The van der Waals surface area contributed by atoms with Crippen LogP contribution in [0.2, 0.25) is 10.0 Å². The van der Waals surface area contributed by atoms with Crippen molar-refractivity contribution in [3.8, 4) is 17.0 Å². The number of rotatable bonds is 7. The molecule has 1 atom stereocenters. The van der Waals surface area contributed by atoms with Crippen molar-refractivity contribution in [2.24, 2.45) is 0 Å². The van der Waals surface area contributed by atoms with E-state index in [9.17, 15) is 4.79 Å². The van der Waals surface area contributed by atoms with Gasteiger partial charge in [0.1, 0.15) is 5.75 Å². The normalized spacial score (nSPS) is 15.8. The van der Waals surface area contributed by atoms with E-state index in [0.29, 0.717) is 33.2 Å². The number of hydrogen-bond donors (Lipinski definition) is 0. The number of hydrogen-bond acceptors (Lipinski definition) is 5. The SMILES string of the molecule is Cc1cccc(OCC(=O)N(C[C@@H]2CCCO2)c2nc(-c3ccc(Cl)cc3Cl)cs2)c1. The van der Waals surface area contributed by atoms with Crippen LogP contribution in [0.15, 0.2) is 47.8 Å². The average molecular weight is 477 g/mol. The lowest BCUT2D eigenvalue weighted by molar-refractivity contribution is -0.120. The van der Waals surface area contributed by atoms with Gasteiger partial charge in [0.25, 0.3) is 5.91 Å². The highest BCUT2D eigenvalue weighted by atomic mass is 35.5. The van der Waals surface area contributed by atoms with E-state index in [-0.39, 0.29) is 18.6 Å². The molecule has 0 unspecified atom stereocenters. The van der Waals surface area contributed by atoms with Crippen molar-refractivity contribution in [3.63, 3.8) is 0 Å². The molecule has 5 nitrogen and oxygen atoms in total. The number of aryl methyl sites for hydroxylation is 1. The van der Waals surface area contributed by atoms with E-state index in [0.717, 1.165) is 30.6 Å². The van der Waals surface area contributed by atoms with Crippen molar-refractivity contribution in [2.45, 2.75) is 25.9 Å². The van der Waals surface area contributed by atoms with Gasteiger partial charge in [-0.25, -0.2) is 4.98 Å². The third kappa shape index (κ3) is 5.57. The second kappa shape index (κ2) is 10.0. The first-order valence-electron chi connectivity index (χ1n) is 10.0. The molecule has 2 heterocycles. The Kier molecular flexibility index (Phi) is 7.13. The molecule has 0 radical (unpaired) electrons. The van der Waals surface area contributed by atoms with E-state index in [1.807, 2.05) is 42.6 Å². The van der Waals surface area contributed by atoms with Crippen molar-refractivity contribution >= 4 is 45.6 Å². The van der Waals surface area contributed by atoms with E-state index in [1.54, 1.807) is 17.0 Å². The van der Waals surface area contributed by atoms with Gasteiger partial charge in [-0.2, -0.15) is 0 Å². The maximum absolute atomic E-state index is 13.1. The molecule has 3 aromatic rings. The second-order valence-corrected chi connectivity index (χ2v) is 9.06. The molecule has 0 bridgehead atoms. The highest BCUT2D eigenvalue weighted by Gasteiger charge is 2.26. The standard InChI is InChI=1S/C23H22Cl2N2O3S/c1-15-4-2-5-17(10-15)30-13-22(28)27(12-18-6-3-9-29-18)23-26-21(14-31-23)19-8-7-16(24)11-20(19)25/h2,4-5,7-8,10-11,14,18H,3,6,9,12-13H2,1H3/t18-/m0/s1. The van der Waals surface area contributed by atoms with Crippen LogP contribution in [0.25, 0.3) is 11.3 Å². The molecule has 1 saturated heterocycles. The van der Waals surface area contributed by atoms with Crippen LogP contribution in [-0.4, -0.2) is 36.8 Å². The van der Waals surface area contributed by atoms with Gasteiger partial charge < -0.3 is 9.47 Å². The van der Waals surface area contributed by atoms with Gasteiger partial charge in [0.05, 0.1) is 23.4 Å². The zero-order chi connectivity index (χ0) is 21.8. The van der Waals surface area contributed by atoms with Crippen LogP contribution in [0, 0.1) is 6.92 Å². The summed E-state index contributed by atoms with van der Waals surface area (Å²) < 4.78 is 11.5.